The maximum Gasteiger partial charge on any atom is 0.573 e. The van der Waals surface area contributed by atoms with Crippen molar-refractivity contribution in [2.45, 2.75) is 31.7 Å². The molecule has 0 aromatic heterocycles. The highest BCUT2D eigenvalue weighted by atomic mass is 32.2. The Morgan fingerprint density at radius 1 is 1.20 bits per heavy atom. The third-order valence-corrected chi connectivity index (χ3v) is 4.24. The molecule has 6 nitrogen and oxygen atoms in total. The van der Waals surface area contributed by atoms with Gasteiger partial charge in [-0.3, -0.25) is 8.98 Å². The highest BCUT2D eigenvalue weighted by Crippen LogP contribution is 2.23. The summed E-state index contributed by atoms with van der Waals surface area (Å²) in [7, 11) is -3.52. The van der Waals surface area contributed by atoms with E-state index in [0.29, 0.717) is 31.5 Å². The number of likely N-dealkylation sites (tertiary alicyclic amines) is 1. The van der Waals surface area contributed by atoms with E-state index in [1.165, 1.54) is 12.1 Å². The van der Waals surface area contributed by atoms with E-state index < -0.39 is 22.6 Å². The van der Waals surface area contributed by atoms with E-state index in [9.17, 15) is 26.4 Å². The number of ether oxygens (including phenoxy) is 1. The second-order valence-corrected chi connectivity index (χ2v) is 7.35. The van der Waals surface area contributed by atoms with Crippen LogP contribution in [-0.2, 0) is 25.5 Å². The zero-order chi connectivity index (χ0) is 18.7. The number of amides is 1. The summed E-state index contributed by atoms with van der Waals surface area (Å²) in [4.78, 5) is 13.8. The summed E-state index contributed by atoms with van der Waals surface area (Å²) < 4.78 is 67.1. The van der Waals surface area contributed by atoms with Crippen LogP contribution in [0.5, 0.6) is 5.75 Å². The lowest BCUT2D eigenvalue weighted by Gasteiger charge is -2.31. The number of rotatable bonds is 5. The molecule has 0 atom stereocenters. The van der Waals surface area contributed by atoms with Gasteiger partial charge in [-0.05, 0) is 30.5 Å². The van der Waals surface area contributed by atoms with Gasteiger partial charge in [0.1, 0.15) is 5.75 Å². The van der Waals surface area contributed by atoms with Crippen LogP contribution >= 0.6 is 0 Å². The standard InChI is InChI=1S/C15H18F3NO5S/c1-25(21,22)24-13-6-8-19(9-7-13)14(20)10-11-2-4-12(5-3-11)23-15(16,17)18/h2-5,13H,6-10H2,1H3. The second-order valence-electron chi connectivity index (χ2n) is 5.75. The first-order chi connectivity index (χ1) is 11.5. The number of nitrogens with zero attached hydrogens (tertiary/aromatic N) is 1. The third kappa shape index (κ3) is 6.91. The molecule has 1 fully saturated rings. The fraction of sp³-hybridized carbons (Fsp3) is 0.533. The smallest absolute Gasteiger partial charge is 0.406 e. The summed E-state index contributed by atoms with van der Waals surface area (Å²) in [5.74, 6) is -0.523. The van der Waals surface area contributed by atoms with Gasteiger partial charge >= 0.3 is 6.36 Å². The minimum absolute atomic E-state index is 0.0455. The van der Waals surface area contributed by atoms with Gasteiger partial charge < -0.3 is 9.64 Å². The predicted octanol–water partition coefficient (Wildman–Crippen LogP) is 2.09. The number of hydrogen-bond donors (Lipinski definition) is 0. The Labute approximate surface area is 143 Å². The van der Waals surface area contributed by atoms with E-state index in [4.69, 9.17) is 4.18 Å². The molecule has 10 heteroatoms. The summed E-state index contributed by atoms with van der Waals surface area (Å²) in [6.45, 7) is 0.739. The Morgan fingerprint density at radius 2 is 1.76 bits per heavy atom. The number of piperidine rings is 1. The number of alkyl halides is 3. The molecule has 0 spiro atoms. The van der Waals surface area contributed by atoms with Gasteiger partial charge in [-0.1, -0.05) is 12.1 Å². The van der Waals surface area contributed by atoms with Crippen molar-refractivity contribution in [2.75, 3.05) is 19.3 Å². The molecule has 1 aromatic carbocycles. The zero-order valence-corrected chi connectivity index (χ0v) is 14.3. The Kier molecular flexibility index (Phi) is 5.94. The largest absolute Gasteiger partial charge is 0.573 e. The SMILES string of the molecule is CS(=O)(=O)OC1CCN(C(=O)Cc2ccc(OC(F)(F)F)cc2)CC1. The van der Waals surface area contributed by atoms with Gasteiger partial charge in [0, 0.05) is 13.1 Å². The van der Waals surface area contributed by atoms with E-state index in [1.54, 1.807) is 4.90 Å². The van der Waals surface area contributed by atoms with Crippen LogP contribution in [0.4, 0.5) is 13.2 Å². The molecule has 0 saturated carbocycles. The van der Waals surface area contributed by atoms with Crippen molar-refractivity contribution in [2.24, 2.45) is 0 Å². The second kappa shape index (κ2) is 7.61. The Balaban J connectivity index is 1.84. The van der Waals surface area contributed by atoms with Crippen molar-refractivity contribution in [3.05, 3.63) is 29.8 Å². The van der Waals surface area contributed by atoms with Gasteiger partial charge in [-0.25, -0.2) is 0 Å². The van der Waals surface area contributed by atoms with Gasteiger partial charge in [-0.2, -0.15) is 8.42 Å². The van der Waals surface area contributed by atoms with Crippen molar-refractivity contribution in [3.63, 3.8) is 0 Å². The maximum atomic E-state index is 12.2. The topological polar surface area (TPSA) is 72.9 Å². The molecule has 0 radical (unpaired) electrons. The molecule has 0 N–H and O–H groups in total. The summed E-state index contributed by atoms with van der Waals surface area (Å²) in [5.41, 5.74) is 0.564. The molecule has 0 aliphatic carbocycles. The number of hydrogen-bond acceptors (Lipinski definition) is 5. The average Bonchev–Trinajstić information content (AvgIpc) is 2.47. The number of carbonyl (C=O) groups excluding carboxylic acids is 1. The first-order valence-electron chi connectivity index (χ1n) is 7.52. The summed E-state index contributed by atoms with van der Waals surface area (Å²) in [6, 6.07) is 5.11. The van der Waals surface area contributed by atoms with Gasteiger partial charge in [0.15, 0.2) is 0 Å². The van der Waals surface area contributed by atoms with Crippen LogP contribution in [0.1, 0.15) is 18.4 Å². The van der Waals surface area contributed by atoms with Gasteiger partial charge in [-0.15, -0.1) is 13.2 Å². The van der Waals surface area contributed by atoms with Crippen molar-refractivity contribution in [1.29, 1.82) is 0 Å². The molecule has 1 amide bonds. The number of halogens is 3. The Hall–Kier alpha value is -1.81. The van der Waals surface area contributed by atoms with E-state index in [2.05, 4.69) is 4.74 Å². The fourth-order valence-electron chi connectivity index (χ4n) is 2.54. The molecule has 140 valence electrons. The average molecular weight is 381 g/mol. The van der Waals surface area contributed by atoms with Crippen molar-refractivity contribution in [3.8, 4) is 5.75 Å². The van der Waals surface area contributed by atoms with Crippen LogP contribution in [0.15, 0.2) is 24.3 Å². The van der Waals surface area contributed by atoms with Crippen LogP contribution < -0.4 is 4.74 Å². The van der Waals surface area contributed by atoms with Crippen LogP contribution in [0, 0.1) is 0 Å². The van der Waals surface area contributed by atoms with Crippen LogP contribution in [0.25, 0.3) is 0 Å². The molecule has 25 heavy (non-hydrogen) atoms. The lowest BCUT2D eigenvalue weighted by atomic mass is 10.1. The first-order valence-corrected chi connectivity index (χ1v) is 9.34. The molecule has 1 aromatic rings. The molecular formula is C15H18F3NO5S. The maximum absolute atomic E-state index is 12.2. The van der Waals surface area contributed by atoms with Crippen molar-refractivity contribution < 1.29 is 35.3 Å². The molecule has 1 aliphatic heterocycles. The number of carbonyl (C=O) groups is 1. The van der Waals surface area contributed by atoms with Crippen LogP contribution in [0.2, 0.25) is 0 Å². The minimum atomic E-state index is -4.75. The number of benzene rings is 1. The van der Waals surface area contributed by atoms with Gasteiger partial charge in [0.25, 0.3) is 10.1 Å². The Bertz CT molecular complexity index is 695. The van der Waals surface area contributed by atoms with Gasteiger partial charge in [0.05, 0.1) is 18.8 Å². The summed E-state index contributed by atoms with van der Waals surface area (Å²) >= 11 is 0. The Morgan fingerprint density at radius 3 is 2.24 bits per heavy atom. The van der Waals surface area contributed by atoms with E-state index in [1.807, 2.05) is 0 Å². The van der Waals surface area contributed by atoms with Gasteiger partial charge in [0.2, 0.25) is 5.91 Å². The predicted molar refractivity (Wildman–Crippen MR) is 82.4 cm³/mol. The minimum Gasteiger partial charge on any atom is -0.406 e. The lowest BCUT2D eigenvalue weighted by Crippen LogP contribution is -2.42. The highest BCUT2D eigenvalue weighted by Gasteiger charge is 2.31. The van der Waals surface area contributed by atoms with E-state index in [0.717, 1.165) is 18.4 Å². The summed E-state index contributed by atoms with van der Waals surface area (Å²) in [5, 5.41) is 0. The normalized spacial score (nSPS) is 16.7. The van der Waals surface area contributed by atoms with E-state index >= 15 is 0 Å². The fourth-order valence-corrected chi connectivity index (χ4v) is 3.23. The van der Waals surface area contributed by atoms with Crippen molar-refractivity contribution in [1.82, 2.24) is 4.90 Å². The zero-order valence-electron chi connectivity index (χ0n) is 13.5. The third-order valence-electron chi connectivity index (χ3n) is 3.62. The highest BCUT2D eigenvalue weighted by molar-refractivity contribution is 7.86. The molecule has 1 heterocycles. The van der Waals surface area contributed by atoms with Crippen LogP contribution in [-0.4, -0.2) is 51.0 Å². The molecule has 1 aliphatic rings. The van der Waals surface area contributed by atoms with Crippen LogP contribution in [0.3, 0.4) is 0 Å². The molecule has 0 bridgehead atoms. The van der Waals surface area contributed by atoms with Crippen molar-refractivity contribution >= 4 is 16.0 Å². The molecule has 1 saturated heterocycles. The van der Waals surface area contributed by atoms with E-state index in [-0.39, 0.29) is 18.1 Å². The molecule has 2 rings (SSSR count). The first kappa shape index (κ1) is 19.5. The monoisotopic (exact) mass is 381 g/mol. The quantitative estimate of drug-likeness (QED) is 0.731. The summed E-state index contributed by atoms with van der Waals surface area (Å²) in [6.07, 6.45) is -3.33. The molecular weight excluding hydrogens is 363 g/mol. The molecule has 0 unspecified atom stereocenters. The lowest BCUT2D eigenvalue weighted by molar-refractivity contribution is -0.274.